The Balaban J connectivity index is 0.00000312. The lowest BCUT2D eigenvalue weighted by atomic mass is 10.1. The van der Waals surface area contributed by atoms with Crippen molar-refractivity contribution in [2.24, 2.45) is 4.99 Å². The molecule has 0 fully saturated rings. The molecule has 2 aromatic rings. The second-order valence-corrected chi connectivity index (χ2v) is 6.75. The zero-order valence-electron chi connectivity index (χ0n) is 14.8. The van der Waals surface area contributed by atoms with E-state index in [1.807, 2.05) is 31.2 Å². The number of thiophene rings is 1. The molecule has 25 heavy (non-hydrogen) atoms. The van der Waals surface area contributed by atoms with Gasteiger partial charge in [0.15, 0.2) is 5.96 Å². The zero-order valence-corrected chi connectivity index (χ0v) is 17.9. The number of methoxy groups -OCH3 is 1. The van der Waals surface area contributed by atoms with Crippen molar-refractivity contribution in [3.8, 4) is 5.75 Å². The second-order valence-electron chi connectivity index (χ2n) is 5.38. The SMILES string of the molecule is CCNC(=NCc1ccc(C)s1)NCC(O)c1cccc(OC)c1.I. The summed E-state index contributed by atoms with van der Waals surface area (Å²) < 4.78 is 5.19. The van der Waals surface area contributed by atoms with Gasteiger partial charge in [0.1, 0.15) is 5.75 Å². The first-order valence-electron chi connectivity index (χ1n) is 8.02. The van der Waals surface area contributed by atoms with Crippen LogP contribution in [-0.2, 0) is 6.54 Å². The van der Waals surface area contributed by atoms with Gasteiger partial charge in [0, 0.05) is 22.8 Å². The minimum absolute atomic E-state index is 0. The molecule has 0 spiro atoms. The molecule has 1 atom stereocenters. The van der Waals surface area contributed by atoms with Crippen molar-refractivity contribution in [2.45, 2.75) is 26.5 Å². The number of aliphatic hydroxyl groups is 1. The van der Waals surface area contributed by atoms with E-state index in [2.05, 4.69) is 34.7 Å². The van der Waals surface area contributed by atoms with Gasteiger partial charge in [-0.25, -0.2) is 4.99 Å². The van der Waals surface area contributed by atoms with Gasteiger partial charge in [0.25, 0.3) is 0 Å². The molecule has 1 aromatic carbocycles. The smallest absolute Gasteiger partial charge is 0.191 e. The molecule has 1 heterocycles. The maximum absolute atomic E-state index is 10.3. The van der Waals surface area contributed by atoms with Gasteiger partial charge in [0.2, 0.25) is 0 Å². The highest BCUT2D eigenvalue weighted by Crippen LogP contribution is 2.18. The van der Waals surface area contributed by atoms with Crippen LogP contribution in [0.1, 0.15) is 28.3 Å². The van der Waals surface area contributed by atoms with Crippen LogP contribution in [-0.4, -0.2) is 31.3 Å². The van der Waals surface area contributed by atoms with Crippen molar-refractivity contribution in [3.05, 3.63) is 51.7 Å². The Morgan fingerprint density at radius 3 is 2.72 bits per heavy atom. The summed E-state index contributed by atoms with van der Waals surface area (Å²) in [5, 5.41) is 16.7. The normalized spacial score (nSPS) is 12.2. The summed E-state index contributed by atoms with van der Waals surface area (Å²) in [5.41, 5.74) is 0.812. The second kappa shape index (κ2) is 11.3. The van der Waals surface area contributed by atoms with E-state index in [1.54, 1.807) is 18.4 Å². The lowest BCUT2D eigenvalue weighted by Crippen LogP contribution is -2.39. The third kappa shape index (κ3) is 7.21. The summed E-state index contributed by atoms with van der Waals surface area (Å²) in [7, 11) is 1.62. The average Bonchev–Trinajstić information content (AvgIpc) is 3.02. The molecule has 0 saturated carbocycles. The van der Waals surface area contributed by atoms with Gasteiger partial charge in [-0.1, -0.05) is 12.1 Å². The largest absolute Gasteiger partial charge is 0.497 e. The molecule has 0 aliphatic carbocycles. The number of hydrogen-bond donors (Lipinski definition) is 3. The van der Waals surface area contributed by atoms with Crippen molar-refractivity contribution in [3.63, 3.8) is 0 Å². The van der Waals surface area contributed by atoms with E-state index in [0.29, 0.717) is 19.0 Å². The van der Waals surface area contributed by atoms with Crippen LogP contribution in [0, 0.1) is 6.92 Å². The minimum Gasteiger partial charge on any atom is -0.497 e. The predicted octanol–water partition coefficient (Wildman–Crippen LogP) is 3.47. The Labute approximate surface area is 170 Å². The molecule has 0 aliphatic rings. The van der Waals surface area contributed by atoms with E-state index >= 15 is 0 Å². The fourth-order valence-electron chi connectivity index (χ4n) is 2.23. The zero-order chi connectivity index (χ0) is 17.4. The maximum atomic E-state index is 10.3. The summed E-state index contributed by atoms with van der Waals surface area (Å²) in [5.74, 6) is 1.44. The molecule has 7 heteroatoms. The summed E-state index contributed by atoms with van der Waals surface area (Å²) >= 11 is 1.75. The predicted molar refractivity (Wildman–Crippen MR) is 115 cm³/mol. The molecule has 0 saturated heterocycles. The average molecular weight is 475 g/mol. The van der Waals surface area contributed by atoms with Crippen molar-refractivity contribution in [1.29, 1.82) is 0 Å². The standard InChI is InChI=1S/C18H25N3O2S.HI/c1-4-19-18(20-11-16-9-8-13(2)24-16)21-12-17(22)14-6-5-7-15(10-14)23-3;/h5-10,17,22H,4,11-12H2,1-3H3,(H2,19,20,21);1H. The number of rotatable bonds is 7. The lowest BCUT2D eigenvalue weighted by molar-refractivity contribution is 0.180. The minimum atomic E-state index is -0.632. The van der Waals surface area contributed by atoms with Crippen molar-refractivity contribution >= 4 is 41.3 Å². The maximum Gasteiger partial charge on any atom is 0.191 e. The summed E-state index contributed by atoms with van der Waals surface area (Å²) in [4.78, 5) is 7.07. The van der Waals surface area contributed by atoms with Crippen LogP contribution in [0.2, 0.25) is 0 Å². The number of nitrogens with one attached hydrogen (secondary N) is 2. The van der Waals surface area contributed by atoms with Crippen LogP contribution in [0.3, 0.4) is 0 Å². The number of ether oxygens (including phenoxy) is 1. The third-order valence-corrected chi connectivity index (χ3v) is 4.46. The van der Waals surface area contributed by atoms with Crippen LogP contribution in [0.4, 0.5) is 0 Å². The fraction of sp³-hybridized carbons (Fsp3) is 0.389. The molecular weight excluding hydrogens is 449 g/mol. The van der Waals surface area contributed by atoms with Crippen LogP contribution in [0.15, 0.2) is 41.4 Å². The first-order chi connectivity index (χ1) is 11.6. The van der Waals surface area contributed by atoms with Gasteiger partial charge in [-0.05, 0) is 43.7 Å². The Kier molecular flexibility index (Phi) is 9.84. The highest BCUT2D eigenvalue weighted by atomic mass is 127. The van der Waals surface area contributed by atoms with E-state index in [1.165, 1.54) is 9.75 Å². The lowest BCUT2D eigenvalue weighted by Gasteiger charge is -2.16. The number of aliphatic imine (C=N–C) groups is 1. The van der Waals surface area contributed by atoms with Crippen LogP contribution in [0.25, 0.3) is 0 Å². The topological polar surface area (TPSA) is 65.9 Å². The van der Waals surface area contributed by atoms with E-state index < -0.39 is 6.10 Å². The number of nitrogens with zero attached hydrogens (tertiary/aromatic N) is 1. The highest BCUT2D eigenvalue weighted by molar-refractivity contribution is 14.0. The van der Waals surface area contributed by atoms with E-state index in [9.17, 15) is 5.11 Å². The van der Waals surface area contributed by atoms with E-state index in [4.69, 9.17) is 4.74 Å². The molecule has 2 rings (SSSR count). The molecule has 0 bridgehead atoms. The number of halogens is 1. The van der Waals surface area contributed by atoms with Crippen LogP contribution in [0.5, 0.6) is 5.75 Å². The monoisotopic (exact) mass is 475 g/mol. The highest BCUT2D eigenvalue weighted by Gasteiger charge is 2.09. The molecule has 1 aromatic heterocycles. The first kappa shape index (κ1) is 21.7. The number of hydrogen-bond acceptors (Lipinski definition) is 4. The molecule has 138 valence electrons. The van der Waals surface area contributed by atoms with Crippen molar-refractivity contribution < 1.29 is 9.84 Å². The quantitative estimate of drug-likeness (QED) is 0.326. The molecule has 0 radical (unpaired) electrons. The molecule has 0 aliphatic heterocycles. The molecule has 3 N–H and O–H groups in total. The Morgan fingerprint density at radius 1 is 1.28 bits per heavy atom. The Hall–Kier alpha value is -1.32. The van der Waals surface area contributed by atoms with Gasteiger partial charge in [-0.15, -0.1) is 35.3 Å². The Bertz CT molecular complexity index is 676. The van der Waals surface area contributed by atoms with Crippen molar-refractivity contribution in [1.82, 2.24) is 10.6 Å². The number of aliphatic hydroxyl groups excluding tert-OH is 1. The number of aryl methyl sites for hydroxylation is 1. The van der Waals surface area contributed by atoms with Gasteiger partial charge >= 0.3 is 0 Å². The van der Waals surface area contributed by atoms with Gasteiger partial charge in [-0.3, -0.25) is 0 Å². The van der Waals surface area contributed by atoms with Crippen LogP contribution >= 0.6 is 35.3 Å². The van der Waals surface area contributed by atoms with Crippen LogP contribution < -0.4 is 15.4 Å². The van der Waals surface area contributed by atoms with Gasteiger partial charge in [-0.2, -0.15) is 0 Å². The summed E-state index contributed by atoms with van der Waals surface area (Å²) in [6.07, 6.45) is -0.632. The van der Waals surface area contributed by atoms with Crippen molar-refractivity contribution in [2.75, 3.05) is 20.2 Å². The summed E-state index contributed by atoms with van der Waals surface area (Å²) in [6, 6.07) is 11.6. The van der Waals surface area contributed by atoms with Gasteiger partial charge < -0.3 is 20.5 Å². The summed E-state index contributed by atoms with van der Waals surface area (Å²) in [6.45, 7) is 5.88. The van der Waals surface area contributed by atoms with E-state index in [-0.39, 0.29) is 24.0 Å². The third-order valence-electron chi connectivity index (χ3n) is 3.47. The number of benzene rings is 1. The van der Waals surface area contributed by atoms with E-state index in [0.717, 1.165) is 17.9 Å². The molecule has 1 unspecified atom stereocenters. The first-order valence-corrected chi connectivity index (χ1v) is 8.83. The molecular formula is C18H26IN3O2S. The number of guanidine groups is 1. The fourth-order valence-corrected chi connectivity index (χ4v) is 3.04. The Morgan fingerprint density at radius 2 is 2.08 bits per heavy atom. The van der Waals surface area contributed by atoms with Gasteiger partial charge in [0.05, 0.1) is 19.8 Å². The molecule has 5 nitrogen and oxygen atoms in total. The molecule has 0 amide bonds.